The second-order valence-electron chi connectivity index (χ2n) is 5.11. The fraction of sp³-hybridized carbons (Fsp3) is 0.235. The van der Waals surface area contributed by atoms with E-state index in [4.69, 9.17) is 11.6 Å². The maximum absolute atomic E-state index is 11.6. The second kappa shape index (κ2) is 6.10. The van der Waals surface area contributed by atoms with Crippen LogP contribution in [0.3, 0.4) is 0 Å². The Morgan fingerprint density at radius 1 is 1.15 bits per heavy atom. The predicted molar refractivity (Wildman–Crippen MR) is 81.4 cm³/mol. The summed E-state index contributed by atoms with van der Waals surface area (Å²) in [5, 5.41) is 10.00. The molecule has 0 radical (unpaired) electrons. The van der Waals surface area contributed by atoms with Crippen LogP contribution in [0.5, 0.6) is 0 Å². The number of aliphatic carboxylic acids is 1. The lowest BCUT2D eigenvalue weighted by Crippen LogP contribution is -2.15. The van der Waals surface area contributed by atoms with Gasteiger partial charge in [0, 0.05) is 5.02 Å². The molecule has 1 unspecified atom stereocenters. The van der Waals surface area contributed by atoms with E-state index < -0.39 is 11.9 Å². The Morgan fingerprint density at radius 2 is 1.75 bits per heavy atom. The lowest BCUT2D eigenvalue weighted by Gasteiger charge is -2.15. The van der Waals surface area contributed by atoms with Crippen molar-refractivity contribution in [3.05, 3.63) is 69.7 Å². The molecule has 0 heterocycles. The van der Waals surface area contributed by atoms with Crippen molar-refractivity contribution in [1.29, 1.82) is 0 Å². The first-order valence-corrected chi connectivity index (χ1v) is 6.89. The third kappa shape index (κ3) is 3.40. The number of carbonyl (C=O) groups is 1. The zero-order valence-corrected chi connectivity index (χ0v) is 12.3. The van der Waals surface area contributed by atoms with E-state index in [1.54, 1.807) is 12.1 Å². The first-order valence-electron chi connectivity index (χ1n) is 6.52. The van der Waals surface area contributed by atoms with Crippen LogP contribution in [0.1, 0.15) is 28.2 Å². The summed E-state index contributed by atoms with van der Waals surface area (Å²) in [6, 6.07) is 13.3. The van der Waals surface area contributed by atoms with Crippen molar-refractivity contribution >= 4 is 17.6 Å². The summed E-state index contributed by atoms with van der Waals surface area (Å²) >= 11 is 6.13. The molecule has 0 aliphatic heterocycles. The van der Waals surface area contributed by atoms with Crippen LogP contribution in [-0.4, -0.2) is 11.1 Å². The molecule has 0 aliphatic rings. The molecule has 3 heteroatoms. The van der Waals surface area contributed by atoms with Crippen molar-refractivity contribution < 1.29 is 9.90 Å². The molecule has 0 spiro atoms. The topological polar surface area (TPSA) is 37.3 Å². The van der Waals surface area contributed by atoms with Crippen molar-refractivity contribution in [3.63, 3.8) is 0 Å². The molecular weight excluding hydrogens is 272 g/mol. The first-order chi connectivity index (χ1) is 9.47. The maximum atomic E-state index is 11.6. The highest BCUT2D eigenvalue weighted by Crippen LogP contribution is 2.28. The van der Waals surface area contributed by atoms with Crippen LogP contribution < -0.4 is 0 Å². The van der Waals surface area contributed by atoms with Gasteiger partial charge in [-0.25, -0.2) is 0 Å². The normalized spacial score (nSPS) is 12.2. The molecule has 1 atom stereocenters. The van der Waals surface area contributed by atoms with E-state index >= 15 is 0 Å². The maximum Gasteiger partial charge on any atom is 0.311 e. The molecule has 20 heavy (non-hydrogen) atoms. The van der Waals surface area contributed by atoms with Gasteiger partial charge in [0.05, 0.1) is 5.92 Å². The molecule has 2 aromatic rings. The molecule has 2 aromatic carbocycles. The van der Waals surface area contributed by atoms with Crippen LogP contribution in [0, 0.1) is 13.8 Å². The number of halogens is 1. The van der Waals surface area contributed by atoms with Crippen molar-refractivity contribution in [2.45, 2.75) is 26.2 Å². The van der Waals surface area contributed by atoms with Crippen LogP contribution in [0.25, 0.3) is 0 Å². The third-order valence-corrected chi connectivity index (χ3v) is 3.64. The van der Waals surface area contributed by atoms with Gasteiger partial charge >= 0.3 is 5.97 Å². The summed E-state index contributed by atoms with van der Waals surface area (Å²) in [7, 11) is 0. The molecule has 2 nitrogen and oxygen atoms in total. The molecule has 0 amide bonds. The second-order valence-corrected chi connectivity index (χ2v) is 5.52. The zero-order chi connectivity index (χ0) is 14.7. The lowest BCUT2D eigenvalue weighted by molar-refractivity contribution is -0.138. The van der Waals surface area contributed by atoms with Gasteiger partial charge in [0.15, 0.2) is 0 Å². The van der Waals surface area contributed by atoms with E-state index in [1.165, 1.54) is 0 Å². The molecule has 0 fully saturated rings. The highest BCUT2D eigenvalue weighted by molar-refractivity contribution is 6.31. The molecule has 0 aliphatic carbocycles. The minimum absolute atomic E-state index is 0.446. The number of carboxylic acid groups (broad SMARTS) is 1. The van der Waals surface area contributed by atoms with Gasteiger partial charge in [-0.3, -0.25) is 4.79 Å². The van der Waals surface area contributed by atoms with Gasteiger partial charge in [-0.05, 0) is 37.5 Å². The number of carboxylic acids is 1. The fourth-order valence-electron chi connectivity index (χ4n) is 2.51. The average molecular weight is 289 g/mol. The Kier molecular flexibility index (Phi) is 4.46. The van der Waals surface area contributed by atoms with Gasteiger partial charge < -0.3 is 5.11 Å². The van der Waals surface area contributed by atoms with E-state index in [0.29, 0.717) is 17.0 Å². The van der Waals surface area contributed by atoms with Crippen LogP contribution in [-0.2, 0) is 11.2 Å². The van der Waals surface area contributed by atoms with Crippen LogP contribution in [0.2, 0.25) is 5.02 Å². The van der Waals surface area contributed by atoms with E-state index in [0.717, 1.165) is 16.7 Å². The van der Waals surface area contributed by atoms with Crippen LogP contribution in [0.15, 0.2) is 42.5 Å². The molecule has 0 saturated carbocycles. The minimum Gasteiger partial charge on any atom is -0.481 e. The smallest absolute Gasteiger partial charge is 0.311 e. The summed E-state index contributed by atoms with van der Waals surface area (Å²) < 4.78 is 0. The van der Waals surface area contributed by atoms with Crippen molar-refractivity contribution in [2.24, 2.45) is 0 Å². The summed E-state index contributed by atoms with van der Waals surface area (Å²) in [5.74, 6) is -1.47. The largest absolute Gasteiger partial charge is 0.481 e. The van der Waals surface area contributed by atoms with E-state index in [1.807, 2.05) is 38.1 Å². The minimum atomic E-state index is -0.850. The summed E-state index contributed by atoms with van der Waals surface area (Å²) in [5.41, 5.74) is 3.97. The fourth-order valence-corrected chi connectivity index (χ4v) is 2.78. The molecule has 0 aromatic heterocycles. The Hall–Kier alpha value is -1.80. The summed E-state index contributed by atoms with van der Waals surface area (Å²) in [4.78, 5) is 11.6. The summed E-state index contributed by atoms with van der Waals surface area (Å²) in [6.07, 6.45) is 0.446. The van der Waals surface area contributed by atoms with Crippen molar-refractivity contribution in [2.75, 3.05) is 0 Å². The number of hydrogen-bond donors (Lipinski definition) is 1. The number of aryl methyl sites for hydroxylation is 2. The van der Waals surface area contributed by atoms with Gasteiger partial charge in [-0.1, -0.05) is 59.1 Å². The third-order valence-electron chi connectivity index (χ3n) is 3.30. The van der Waals surface area contributed by atoms with Gasteiger partial charge in [-0.2, -0.15) is 0 Å². The van der Waals surface area contributed by atoms with Crippen LogP contribution in [0.4, 0.5) is 0 Å². The number of benzene rings is 2. The quantitative estimate of drug-likeness (QED) is 0.907. The number of rotatable bonds is 4. The molecule has 0 bridgehead atoms. The van der Waals surface area contributed by atoms with E-state index in [2.05, 4.69) is 6.07 Å². The Bertz CT molecular complexity index is 614. The molecule has 104 valence electrons. The SMILES string of the molecule is Cc1cc(C)cc(CC(C(=O)O)c2ccccc2Cl)c1. The molecule has 1 N–H and O–H groups in total. The van der Waals surface area contributed by atoms with Crippen molar-refractivity contribution in [1.82, 2.24) is 0 Å². The van der Waals surface area contributed by atoms with E-state index in [9.17, 15) is 9.90 Å². The van der Waals surface area contributed by atoms with Crippen LogP contribution >= 0.6 is 11.6 Å². The molecular formula is C17H17ClO2. The van der Waals surface area contributed by atoms with Gasteiger partial charge in [0.1, 0.15) is 0 Å². The Morgan fingerprint density at radius 3 is 2.30 bits per heavy atom. The van der Waals surface area contributed by atoms with Gasteiger partial charge in [-0.15, -0.1) is 0 Å². The average Bonchev–Trinajstić information content (AvgIpc) is 2.35. The molecule has 0 saturated heterocycles. The standard InChI is InChI=1S/C17H17ClO2/c1-11-7-12(2)9-13(8-11)10-15(17(19)20)14-5-3-4-6-16(14)18/h3-9,15H,10H2,1-2H3,(H,19,20). The zero-order valence-electron chi connectivity index (χ0n) is 11.6. The highest BCUT2D eigenvalue weighted by Gasteiger charge is 2.22. The first kappa shape index (κ1) is 14.6. The predicted octanol–water partition coefficient (Wildman–Crippen LogP) is 4.37. The summed E-state index contributed by atoms with van der Waals surface area (Å²) in [6.45, 7) is 4.03. The Labute approximate surface area is 124 Å². The van der Waals surface area contributed by atoms with E-state index in [-0.39, 0.29) is 0 Å². The Balaban J connectivity index is 2.36. The van der Waals surface area contributed by atoms with Gasteiger partial charge in [0.25, 0.3) is 0 Å². The highest BCUT2D eigenvalue weighted by atomic mass is 35.5. The molecule has 2 rings (SSSR count). The lowest BCUT2D eigenvalue weighted by atomic mass is 9.91. The number of hydrogen-bond acceptors (Lipinski definition) is 1. The monoisotopic (exact) mass is 288 g/mol. The van der Waals surface area contributed by atoms with Crippen molar-refractivity contribution in [3.8, 4) is 0 Å². The van der Waals surface area contributed by atoms with Gasteiger partial charge in [0.2, 0.25) is 0 Å².